The van der Waals surface area contributed by atoms with Crippen molar-refractivity contribution in [3.63, 3.8) is 0 Å². The van der Waals surface area contributed by atoms with Crippen molar-refractivity contribution in [3.8, 4) is 0 Å². The molecule has 1 saturated heterocycles. The molecule has 8 heteroatoms. The summed E-state index contributed by atoms with van der Waals surface area (Å²) in [7, 11) is 1.87. The van der Waals surface area contributed by atoms with Gasteiger partial charge < -0.3 is 10.2 Å². The minimum absolute atomic E-state index is 0. The van der Waals surface area contributed by atoms with Crippen LogP contribution in [-0.2, 0) is 17.8 Å². The molecule has 0 aromatic carbocycles. The summed E-state index contributed by atoms with van der Waals surface area (Å²) in [6, 6.07) is 0.330. The Hall–Kier alpha value is -0.0100. The lowest BCUT2D eigenvalue weighted by Crippen LogP contribution is -2.41. The second-order valence-electron chi connectivity index (χ2n) is 4.75. The minimum Gasteiger partial charge on any atom is -0.339 e. The van der Waals surface area contributed by atoms with Crippen molar-refractivity contribution in [2.24, 2.45) is 0 Å². The number of aryl methyl sites for hydroxylation is 1. The van der Waals surface area contributed by atoms with Gasteiger partial charge in [0, 0.05) is 48.6 Å². The van der Waals surface area contributed by atoms with Crippen molar-refractivity contribution in [2.45, 2.75) is 32.4 Å². The normalized spacial score (nSPS) is 17.5. The van der Waals surface area contributed by atoms with E-state index in [0.717, 1.165) is 29.5 Å². The molecular weight excluding hydrogens is 349 g/mol. The van der Waals surface area contributed by atoms with Crippen molar-refractivity contribution in [2.75, 3.05) is 25.1 Å². The van der Waals surface area contributed by atoms with Gasteiger partial charge in [-0.1, -0.05) is 6.92 Å². The van der Waals surface area contributed by atoms with Crippen LogP contribution in [-0.4, -0.2) is 46.9 Å². The summed E-state index contributed by atoms with van der Waals surface area (Å²) < 4.78 is 0. The molecule has 122 valence electrons. The van der Waals surface area contributed by atoms with Crippen molar-refractivity contribution >= 4 is 53.8 Å². The van der Waals surface area contributed by atoms with E-state index in [4.69, 9.17) is 0 Å². The van der Waals surface area contributed by atoms with Crippen molar-refractivity contribution in [1.29, 1.82) is 0 Å². The number of halogens is 2. The molecule has 0 aliphatic carbocycles. The Morgan fingerprint density at radius 3 is 2.86 bits per heavy atom. The van der Waals surface area contributed by atoms with Gasteiger partial charge in [-0.05, 0) is 6.42 Å². The van der Waals surface area contributed by atoms with Crippen LogP contribution in [0, 0.1) is 0 Å². The van der Waals surface area contributed by atoms with Crippen LogP contribution < -0.4 is 5.32 Å². The molecule has 1 atom stereocenters. The molecule has 1 unspecified atom stereocenters. The van der Waals surface area contributed by atoms with Crippen molar-refractivity contribution < 1.29 is 4.79 Å². The highest BCUT2D eigenvalue weighted by molar-refractivity contribution is 7.99. The van der Waals surface area contributed by atoms with Gasteiger partial charge in [0.15, 0.2) is 0 Å². The summed E-state index contributed by atoms with van der Waals surface area (Å²) in [6.45, 7) is 3.76. The maximum absolute atomic E-state index is 12.1. The molecular formula is C13H23Cl2N3OS2. The minimum atomic E-state index is 0. The van der Waals surface area contributed by atoms with Gasteiger partial charge in [-0.15, -0.1) is 36.2 Å². The number of thiazole rings is 1. The first-order chi connectivity index (χ1) is 9.19. The number of nitrogens with one attached hydrogen (secondary N) is 1. The maximum atomic E-state index is 12.1. The summed E-state index contributed by atoms with van der Waals surface area (Å²) in [5.74, 6) is 2.39. The molecule has 21 heavy (non-hydrogen) atoms. The molecule has 1 aromatic rings. The van der Waals surface area contributed by atoms with E-state index in [1.54, 1.807) is 16.2 Å². The first kappa shape index (κ1) is 21.0. The maximum Gasteiger partial charge on any atom is 0.224 e. The quantitative estimate of drug-likeness (QED) is 0.863. The van der Waals surface area contributed by atoms with E-state index in [1.807, 2.05) is 25.0 Å². The molecule has 2 heterocycles. The summed E-state index contributed by atoms with van der Waals surface area (Å²) in [5.41, 5.74) is 0. The Labute approximate surface area is 147 Å². The molecule has 0 spiro atoms. The fourth-order valence-corrected chi connectivity index (χ4v) is 3.86. The fraction of sp³-hybridized carbons (Fsp3) is 0.692. The molecule has 1 aromatic heterocycles. The SMILES string of the molecule is CCc1cnc(CN(C)C(=O)CC2CSCCN2)s1.Cl.Cl. The van der Waals surface area contributed by atoms with Crippen LogP contribution in [0.15, 0.2) is 6.20 Å². The van der Waals surface area contributed by atoms with Crippen LogP contribution >= 0.6 is 47.9 Å². The van der Waals surface area contributed by atoms with E-state index in [0.29, 0.717) is 19.0 Å². The predicted molar refractivity (Wildman–Crippen MR) is 96.2 cm³/mol. The molecule has 1 fully saturated rings. The van der Waals surface area contributed by atoms with Crippen LogP contribution in [0.3, 0.4) is 0 Å². The second-order valence-corrected chi connectivity index (χ2v) is 7.10. The van der Waals surface area contributed by atoms with Gasteiger partial charge in [-0.2, -0.15) is 11.8 Å². The van der Waals surface area contributed by atoms with Crippen LogP contribution in [0.5, 0.6) is 0 Å². The summed E-state index contributed by atoms with van der Waals surface area (Å²) in [6.07, 6.45) is 3.52. The van der Waals surface area contributed by atoms with Crippen LogP contribution in [0.1, 0.15) is 23.2 Å². The van der Waals surface area contributed by atoms with E-state index < -0.39 is 0 Å². The third kappa shape index (κ3) is 6.74. The van der Waals surface area contributed by atoms with Gasteiger partial charge in [-0.3, -0.25) is 4.79 Å². The summed E-state index contributed by atoms with van der Waals surface area (Å²) in [4.78, 5) is 19.6. The number of amides is 1. The Balaban J connectivity index is 0.00000200. The van der Waals surface area contributed by atoms with E-state index in [2.05, 4.69) is 17.2 Å². The van der Waals surface area contributed by atoms with Crippen molar-refractivity contribution in [1.82, 2.24) is 15.2 Å². The molecule has 2 rings (SSSR count). The molecule has 0 radical (unpaired) electrons. The number of thioether (sulfide) groups is 1. The predicted octanol–water partition coefficient (Wildman–Crippen LogP) is 2.60. The van der Waals surface area contributed by atoms with E-state index >= 15 is 0 Å². The zero-order valence-corrected chi connectivity index (χ0v) is 15.6. The van der Waals surface area contributed by atoms with Gasteiger partial charge >= 0.3 is 0 Å². The van der Waals surface area contributed by atoms with Gasteiger partial charge in [0.25, 0.3) is 0 Å². The first-order valence-corrected chi connectivity index (χ1v) is 8.64. The lowest BCUT2D eigenvalue weighted by Gasteiger charge is -2.25. The van der Waals surface area contributed by atoms with Crippen molar-refractivity contribution in [3.05, 3.63) is 16.1 Å². The summed E-state index contributed by atoms with van der Waals surface area (Å²) >= 11 is 3.62. The molecule has 0 bridgehead atoms. The Bertz CT molecular complexity index is 425. The van der Waals surface area contributed by atoms with Crippen LogP contribution in [0.4, 0.5) is 0 Å². The third-order valence-electron chi connectivity index (χ3n) is 3.17. The number of hydrogen-bond acceptors (Lipinski definition) is 5. The number of rotatable bonds is 5. The van der Waals surface area contributed by atoms with E-state index in [-0.39, 0.29) is 30.7 Å². The Morgan fingerprint density at radius 2 is 2.29 bits per heavy atom. The van der Waals surface area contributed by atoms with Gasteiger partial charge in [0.2, 0.25) is 5.91 Å². The summed E-state index contributed by atoms with van der Waals surface area (Å²) in [5, 5.41) is 4.43. The lowest BCUT2D eigenvalue weighted by atomic mass is 10.2. The number of aromatic nitrogens is 1. The highest BCUT2D eigenvalue weighted by Gasteiger charge is 2.19. The average molecular weight is 372 g/mol. The van der Waals surface area contributed by atoms with E-state index in [1.165, 1.54) is 4.88 Å². The lowest BCUT2D eigenvalue weighted by molar-refractivity contribution is -0.130. The standard InChI is InChI=1S/C13H21N3OS2.2ClH/c1-3-11-7-15-12(19-11)8-16(2)13(17)6-10-9-18-5-4-14-10;;/h7,10,14H,3-6,8-9H2,1-2H3;2*1H. The largest absolute Gasteiger partial charge is 0.339 e. The monoisotopic (exact) mass is 371 g/mol. The Kier molecular flexibility index (Phi) is 10.7. The number of carbonyl (C=O) groups is 1. The van der Waals surface area contributed by atoms with Gasteiger partial charge in [-0.25, -0.2) is 4.98 Å². The number of carbonyl (C=O) groups excluding carboxylic acids is 1. The first-order valence-electron chi connectivity index (χ1n) is 6.67. The molecule has 1 aliphatic heterocycles. The molecule has 0 saturated carbocycles. The molecule has 1 N–H and O–H groups in total. The molecule has 1 amide bonds. The molecule has 4 nitrogen and oxygen atoms in total. The zero-order valence-electron chi connectivity index (χ0n) is 12.3. The third-order valence-corrected chi connectivity index (χ3v) is 5.42. The van der Waals surface area contributed by atoms with Crippen LogP contribution in [0.25, 0.3) is 0 Å². The number of hydrogen-bond donors (Lipinski definition) is 1. The fourth-order valence-electron chi connectivity index (χ4n) is 1.99. The average Bonchev–Trinajstić information content (AvgIpc) is 2.87. The zero-order chi connectivity index (χ0) is 13.7. The van der Waals surface area contributed by atoms with Crippen LogP contribution in [0.2, 0.25) is 0 Å². The van der Waals surface area contributed by atoms with Gasteiger partial charge in [0.1, 0.15) is 5.01 Å². The number of nitrogens with zero attached hydrogens (tertiary/aromatic N) is 2. The van der Waals surface area contributed by atoms with Gasteiger partial charge in [0.05, 0.1) is 6.54 Å². The molecule has 1 aliphatic rings. The highest BCUT2D eigenvalue weighted by atomic mass is 35.5. The second kappa shape index (κ2) is 10.7. The Morgan fingerprint density at radius 1 is 1.52 bits per heavy atom. The topological polar surface area (TPSA) is 45.2 Å². The smallest absolute Gasteiger partial charge is 0.224 e. The highest BCUT2D eigenvalue weighted by Crippen LogP contribution is 2.16. The van der Waals surface area contributed by atoms with E-state index in [9.17, 15) is 4.79 Å².